The summed E-state index contributed by atoms with van der Waals surface area (Å²) in [4.78, 5) is 7.89. The first-order valence-electron chi connectivity index (χ1n) is 5.67. The van der Waals surface area contributed by atoms with Gasteiger partial charge in [-0.15, -0.1) is 0 Å². The second kappa shape index (κ2) is 5.00. The molecule has 0 aromatic carbocycles. The van der Waals surface area contributed by atoms with E-state index < -0.39 is 0 Å². The van der Waals surface area contributed by atoms with Gasteiger partial charge in [0.25, 0.3) is 0 Å². The van der Waals surface area contributed by atoms with Crippen LogP contribution >= 0.6 is 0 Å². The average Bonchev–Trinajstić information content (AvgIpc) is 2.24. The van der Waals surface area contributed by atoms with Gasteiger partial charge in [0.05, 0.1) is 6.20 Å². The molecule has 1 unspecified atom stereocenters. The molecule has 1 rings (SSSR count). The van der Waals surface area contributed by atoms with Crippen LogP contribution in [0.3, 0.4) is 0 Å². The van der Waals surface area contributed by atoms with Crippen LogP contribution in [0.4, 0.5) is 11.8 Å². The molecule has 0 aliphatic rings. The standard InChI is InChI=1S/C12H19N5/c1-5-9(12(2,3)4)16-10-8(6-13)7-15-11(14)17-10/h7,9H,5H2,1-4H3,(H3,14,15,16,17). The van der Waals surface area contributed by atoms with Crippen LogP contribution in [0.15, 0.2) is 6.20 Å². The van der Waals surface area contributed by atoms with E-state index in [0.29, 0.717) is 11.4 Å². The van der Waals surface area contributed by atoms with Crippen molar-refractivity contribution in [2.24, 2.45) is 5.41 Å². The second-order valence-corrected chi connectivity index (χ2v) is 5.07. The zero-order chi connectivity index (χ0) is 13.1. The lowest BCUT2D eigenvalue weighted by molar-refractivity contribution is 0.333. The molecule has 0 bridgehead atoms. The summed E-state index contributed by atoms with van der Waals surface area (Å²) < 4.78 is 0. The summed E-state index contributed by atoms with van der Waals surface area (Å²) in [7, 11) is 0. The predicted molar refractivity (Wildman–Crippen MR) is 68.3 cm³/mol. The third-order valence-electron chi connectivity index (χ3n) is 2.69. The highest BCUT2D eigenvalue weighted by Crippen LogP contribution is 2.25. The van der Waals surface area contributed by atoms with Gasteiger partial charge in [-0.2, -0.15) is 10.2 Å². The number of nitrogen functional groups attached to an aromatic ring is 1. The largest absolute Gasteiger partial charge is 0.368 e. The minimum atomic E-state index is 0.0845. The SMILES string of the molecule is CCC(Nc1nc(N)ncc1C#N)C(C)(C)C. The van der Waals surface area contributed by atoms with Crippen LogP contribution in [-0.2, 0) is 0 Å². The molecule has 0 aliphatic carbocycles. The van der Waals surface area contributed by atoms with Gasteiger partial charge in [-0.3, -0.25) is 0 Å². The molecule has 17 heavy (non-hydrogen) atoms. The number of hydrogen-bond acceptors (Lipinski definition) is 5. The minimum Gasteiger partial charge on any atom is -0.368 e. The van der Waals surface area contributed by atoms with Crippen LogP contribution in [0.2, 0.25) is 0 Å². The molecule has 0 aliphatic heterocycles. The van der Waals surface area contributed by atoms with Crippen molar-refractivity contribution in [3.05, 3.63) is 11.8 Å². The van der Waals surface area contributed by atoms with E-state index >= 15 is 0 Å². The Morgan fingerprint density at radius 2 is 2.18 bits per heavy atom. The maximum absolute atomic E-state index is 8.99. The van der Waals surface area contributed by atoms with Crippen LogP contribution < -0.4 is 11.1 Å². The van der Waals surface area contributed by atoms with E-state index in [1.807, 2.05) is 0 Å². The molecule has 0 radical (unpaired) electrons. The molecule has 0 amide bonds. The molecule has 1 aromatic rings. The molecule has 0 saturated carbocycles. The molecule has 5 nitrogen and oxygen atoms in total. The van der Waals surface area contributed by atoms with E-state index in [1.165, 1.54) is 6.20 Å². The number of anilines is 2. The van der Waals surface area contributed by atoms with Gasteiger partial charge in [0.1, 0.15) is 17.5 Å². The summed E-state index contributed by atoms with van der Waals surface area (Å²) >= 11 is 0. The first-order valence-corrected chi connectivity index (χ1v) is 5.67. The van der Waals surface area contributed by atoms with Gasteiger partial charge in [-0.25, -0.2) is 4.98 Å². The maximum Gasteiger partial charge on any atom is 0.222 e. The van der Waals surface area contributed by atoms with Crippen molar-refractivity contribution in [3.63, 3.8) is 0 Å². The van der Waals surface area contributed by atoms with Crippen LogP contribution in [0.5, 0.6) is 0 Å². The highest BCUT2D eigenvalue weighted by atomic mass is 15.1. The van der Waals surface area contributed by atoms with E-state index in [2.05, 4.69) is 49.0 Å². The summed E-state index contributed by atoms with van der Waals surface area (Å²) in [6.07, 6.45) is 2.39. The van der Waals surface area contributed by atoms with Crippen molar-refractivity contribution in [1.29, 1.82) is 5.26 Å². The quantitative estimate of drug-likeness (QED) is 0.835. The topological polar surface area (TPSA) is 87.6 Å². The number of nitriles is 1. The first-order chi connectivity index (χ1) is 7.88. The van der Waals surface area contributed by atoms with Gasteiger partial charge in [0, 0.05) is 6.04 Å². The summed E-state index contributed by atoms with van der Waals surface area (Å²) in [5, 5.41) is 12.3. The van der Waals surface area contributed by atoms with Crippen LogP contribution in [0.1, 0.15) is 39.7 Å². The van der Waals surface area contributed by atoms with E-state index in [1.54, 1.807) is 0 Å². The van der Waals surface area contributed by atoms with E-state index in [0.717, 1.165) is 6.42 Å². The highest BCUT2D eigenvalue weighted by molar-refractivity contribution is 5.53. The highest BCUT2D eigenvalue weighted by Gasteiger charge is 2.24. The average molecular weight is 233 g/mol. The molecule has 5 heteroatoms. The van der Waals surface area contributed by atoms with Crippen molar-refractivity contribution < 1.29 is 0 Å². The Hall–Kier alpha value is -1.83. The van der Waals surface area contributed by atoms with Gasteiger partial charge in [-0.05, 0) is 11.8 Å². The molecule has 92 valence electrons. The Morgan fingerprint density at radius 3 is 2.65 bits per heavy atom. The fraction of sp³-hybridized carbons (Fsp3) is 0.583. The number of nitrogens with zero attached hydrogens (tertiary/aromatic N) is 3. The number of nitrogens with one attached hydrogen (secondary N) is 1. The molecule has 3 N–H and O–H groups in total. The Bertz CT molecular complexity index is 428. The van der Waals surface area contributed by atoms with Gasteiger partial charge in [0.15, 0.2) is 0 Å². The third-order valence-corrected chi connectivity index (χ3v) is 2.69. The molecule has 0 spiro atoms. The molecule has 1 aromatic heterocycles. The van der Waals surface area contributed by atoms with Crippen LogP contribution in [0, 0.1) is 16.7 Å². The number of rotatable bonds is 3. The van der Waals surface area contributed by atoms with Crippen molar-refractivity contribution in [3.8, 4) is 6.07 Å². The minimum absolute atomic E-state index is 0.0845. The van der Waals surface area contributed by atoms with E-state index in [9.17, 15) is 0 Å². The zero-order valence-electron chi connectivity index (χ0n) is 10.8. The van der Waals surface area contributed by atoms with Crippen molar-refractivity contribution in [2.45, 2.75) is 40.2 Å². The fourth-order valence-corrected chi connectivity index (χ4v) is 1.68. The molecule has 0 saturated heterocycles. The number of hydrogen-bond donors (Lipinski definition) is 2. The molecular weight excluding hydrogens is 214 g/mol. The second-order valence-electron chi connectivity index (χ2n) is 5.07. The Morgan fingerprint density at radius 1 is 1.53 bits per heavy atom. The van der Waals surface area contributed by atoms with Gasteiger partial charge in [-0.1, -0.05) is 27.7 Å². The maximum atomic E-state index is 8.99. The predicted octanol–water partition coefficient (Wildman–Crippen LogP) is 2.17. The van der Waals surface area contributed by atoms with E-state index in [4.69, 9.17) is 11.0 Å². The third kappa shape index (κ3) is 3.31. The Labute approximate surface area is 102 Å². The number of aromatic nitrogens is 2. The number of nitrogens with two attached hydrogens (primary N) is 1. The monoisotopic (exact) mass is 233 g/mol. The van der Waals surface area contributed by atoms with Crippen LogP contribution in [0.25, 0.3) is 0 Å². The molecule has 0 fully saturated rings. The van der Waals surface area contributed by atoms with Gasteiger partial charge in [0.2, 0.25) is 5.95 Å². The molecule has 1 heterocycles. The van der Waals surface area contributed by atoms with Crippen molar-refractivity contribution >= 4 is 11.8 Å². The van der Waals surface area contributed by atoms with Crippen molar-refractivity contribution in [1.82, 2.24) is 9.97 Å². The summed E-state index contributed by atoms with van der Waals surface area (Å²) in [5.41, 5.74) is 6.04. The van der Waals surface area contributed by atoms with E-state index in [-0.39, 0.29) is 17.4 Å². The lowest BCUT2D eigenvalue weighted by Gasteiger charge is -2.31. The molecule has 1 atom stereocenters. The summed E-state index contributed by atoms with van der Waals surface area (Å²) in [6.45, 7) is 8.53. The lowest BCUT2D eigenvalue weighted by atomic mass is 9.85. The van der Waals surface area contributed by atoms with Crippen molar-refractivity contribution in [2.75, 3.05) is 11.1 Å². The normalized spacial score (nSPS) is 12.9. The molecular formula is C12H19N5. The zero-order valence-corrected chi connectivity index (χ0v) is 10.8. The summed E-state index contributed by atoms with van der Waals surface area (Å²) in [6, 6.07) is 2.29. The first kappa shape index (κ1) is 13.2. The summed E-state index contributed by atoms with van der Waals surface area (Å²) in [5.74, 6) is 0.692. The fourth-order valence-electron chi connectivity index (χ4n) is 1.68. The van der Waals surface area contributed by atoms with Crippen LogP contribution in [-0.4, -0.2) is 16.0 Å². The Kier molecular flexibility index (Phi) is 3.89. The van der Waals surface area contributed by atoms with Gasteiger partial charge >= 0.3 is 0 Å². The van der Waals surface area contributed by atoms with Gasteiger partial charge < -0.3 is 11.1 Å². The smallest absolute Gasteiger partial charge is 0.222 e. The Balaban J connectivity index is 3.01. The lowest BCUT2D eigenvalue weighted by Crippen LogP contribution is -2.34.